The molecule has 8 heavy (non-hydrogen) atoms. The summed E-state index contributed by atoms with van der Waals surface area (Å²) in [4.78, 5) is 0. The van der Waals surface area contributed by atoms with Gasteiger partial charge in [0, 0.05) is 0 Å². The fourth-order valence-corrected chi connectivity index (χ4v) is 0.438. The van der Waals surface area contributed by atoms with Gasteiger partial charge in [0.1, 0.15) is 5.75 Å². The smallest absolute Gasteiger partial charge is 0.163 e. The molecule has 0 spiro atoms. The fourth-order valence-electron chi connectivity index (χ4n) is 0.297. The zero-order valence-corrected chi connectivity index (χ0v) is 4.55. The SMILES string of the molecule is Oc1[c]c(Cl)nnc1. The molecule has 1 aromatic rings. The van der Waals surface area contributed by atoms with Crippen molar-refractivity contribution in [3.8, 4) is 5.75 Å². The van der Waals surface area contributed by atoms with E-state index in [9.17, 15) is 0 Å². The van der Waals surface area contributed by atoms with Crippen LogP contribution in [0.2, 0.25) is 5.15 Å². The van der Waals surface area contributed by atoms with Gasteiger partial charge in [-0.3, -0.25) is 0 Å². The molecule has 1 rings (SSSR count). The molecule has 3 nitrogen and oxygen atoms in total. The molecule has 0 bridgehead atoms. The molecular weight excluding hydrogens is 128 g/mol. The van der Waals surface area contributed by atoms with Crippen LogP contribution in [0.4, 0.5) is 0 Å². The van der Waals surface area contributed by atoms with E-state index in [1.54, 1.807) is 0 Å². The highest BCUT2D eigenvalue weighted by atomic mass is 35.5. The first-order valence-corrected chi connectivity index (χ1v) is 2.26. The molecule has 0 saturated carbocycles. The minimum absolute atomic E-state index is 0.0741. The van der Waals surface area contributed by atoms with Crippen molar-refractivity contribution < 1.29 is 5.11 Å². The van der Waals surface area contributed by atoms with Crippen molar-refractivity contribution in [2.75, 3.05) is 0 Å². The van der Waals surface area contributed by atoms with Crippen LogP contribution < -0.4 is 0 Å². The predicted octanol–water partition coefficient (Wildman–Crippen LogP) is 0.636. The lowest BCUT2D eigenvalue weighted by atomic mass is 10.5. The van der Waals surface area contributed by atoms with Crippen LogP contribution in [0, 0.1) is 6.07 Å². The Morgan fingerprint density at radius 3 is 2.88 bits per heavy atom. The molecule has 0 fully saturated rings. The Morgan fingerprint density at radius 2 is 2.50 bits per heavy atom. The van der Waals surface area contributed by atoms with Gasteiger partial charge >= 0.3 is 0 Å². The monoisotopic (exact) mass is 129 g/mol. The van der Waals surface area contributed by atoms with E-state index in [4.69, 9.17) is 16.7 Å². The summed E-state index contributed by atoms with van der Waals surface area (Å²) in [6.45, 7) is 0. The molecule has 4 heteroatoms. The molecule has 1 radical (unpaired) electrons. The van der Waals surface area contributed by atoms with Gasteiger partial charge in [-0.25, -0.2) is 0 Å². The third-order valence-corrected chi connectivity index (χ3v) is 0.727. The number of hydrogen-bond acceptors (Lipinski definition) is 3. The second kappa shape index (κ2) is 1.96. The Bertz CT molecular complexity index is 174. The van der Waals surface area contributed by atoms with Crippen LogP contribution in [0.1, 0.15) is 0 Å². The van der Waals surface area contributed by atoms with Crippen LogP contribution in [-0.2, 0) is 0 Å². The normalized spacial score (nSPS) is 9.12. The van der Waals surface area contributed by atoms with Gasteiger partial charge in [0.15, 0.2) is 5.15 Å². The Labute approximate surface area is 50.9 Å². The summed E-state index contributed by atoms with van der Waals surface area (Å²) in [5, 5.41) is 15.3. The first-order valence-electron chi connectivity index (χ1n) is 1.88. The Hall–Kier alpha value is -0.830. The lowest BCUT2D eigenvalue weighted by Crippen LogP contribution is -1.78. The number of aromatic hydroxyl groups is 1. The zero-order valence-electron chi connectivity index (χ0n) is 3.80. The highest BCUT2D eigenvalue weighted by molar-refractivity contribution is 6.29. The maximum absolute atomic E-state index is 8.57. The highest BCUT2D eigenvalue weighted by Gasteiger charge is 1.89. The van der Waals surface area contributed by atoms with Crippen LogP contribution in [0.5, 0.6) is 5.75 Å². The van der Waals surface area contributed by atoms with Crippen molar-refractivity contribution in [1.82, 2.24) is 10.2 Å². The van der Waals surface area contributed by atoms with Gasteiger partial charge in [0.2, 0.25) is 0 Å². The molecule has 1 heterocycles. The van der Waals surface area contributed by atoms with Crippen molar-refractivity contribution in [2.24, 2.45) is 0 Å². The van der Waals surface area contributed by atoms with Gasteiger partial charge in [-0.1, -0.05) is 11.6 Å². The number of halogens is 1. The average molecular weight is 130 g/mol. The molecule has 0 aliphatic heterocycles. The molecule has 0 atom stereocenters. The first kappa shape index (κ1) is 5.31. The summed E-state index contributed by atoms with van der Waals surface area (Å²) in [6, 6.07) is 2.32. The largest absolute Gasteiger partial charge is 0.505 e. The third kappa shape index (κ3) is 1.07. The summed E-state index contributed by atoms with van der Waals surface area (Å²) in [7, 11) is 0. The van der Waals surface area contributed by atoms with E-state index >= 15 is 0 Å². The van der Waals surface area contributed by atoms with Crippen molar-refractivity contribution in [3.05, 3.63) is 17.4 Å². The minimum atomic E-state index is -0.0926. The van der Waals surface area contributed by atoms with E-state index in [2.05, 4.69) is 16.3 Å². The number of rotatable bonds is 0. The van der Waals surface area contributed by atoms with Crippen LogP contribution in [-0.4, -0.2) is 15.3 Å². The molecular formula is C4H2ClN2O. The number of nitrogens with zero attached hydrogens (tertiary/aromatic N) is 2. The number of hydrogen-bond donors (Lipinski definition) is 1. The molecule has 0 amide bonds. The highest BCUT2D eigenvalue weighted by Crippen LogP contribution is 2.07. The first-order chi connectivity index (χ1) is 3.79. The van der Waals surface area contributed by atoms with E-state index in [1.165, 1.54) is 0 Å². The van der Waals surface area contributed by atoms with Gasteiger partial charge < -0.3 is 5.11 Å². The Kier molecular flexibility index (Phi) is 1.30. The van der Waals surface area contributed by atoms with E-state index in [-0.39, 0.29) is 10.9 Å². The Balaban J connectivity index is 3.08. The molecule has 1 N–H and O–H groups in total. The second-order valence-corrected chi connectivity index (χ2v) is 1.50. The van der Waals surface area contributed by atoms with Crippen LogP contribution in [0.15, 0.2) is 6.20 Å². The van der Waals surface area contributed by atoms with Crippen LogP contribution in [0.25, 0.3) is 0 Å². The summed E-state index contributed by atoms with van der Waals surface area (Å²) < 4.78 is 0. The lowest BCUT2D eigenvalue weighted by molar-refractivity contribution is 0.469. The summed E-state index contributed by atoms with van der Waals surface area (Å²) in [5.41, 5.74) is 0. The number of aromatic nitrogens is 2. The van der Waals surface area contributed by atoms with E-state index in [1.807, 2.05) is 0 Å². The molecule has 0 saturated heterocycles. The maximum Gasteiger partial charge on any atom is 0.163 e. The van der Waals surface area contributed by atoms with Crippen LogP contribution >= 0.6 is 11.6 Å². The van der Waals surface area contributed by atoms with Gasteiger partial charge in [-0.2, -0.15) is 5.10 Å². The summed E-state index contributed by atoms with van der Waals surface area (Å²) >= 11 is 5.26. The van der Waals surface area contributed by atoms with E-state index in [0.717, 1.165) is 6.20 Å². The molecule has 0 aromatic carbocycles. The average Bonchev–Trinajstić information content (AvgIpc) is 1.64. The van der Waals surface area contributed by atoms with Gasteiger partial charge in [0.25, 0.3) is 0 Å². The maximum atomic E-state index is 8.57. The molecule has 0 aliphatic rings. The van der Waals surface area contributed by atoms with Crippen molar-refractivity contribution in [2.45, 2.75) is 0 Å². The Morgan fingerprint density at radius 1 is 1.75 bits per heavy atom. The van der Waals surface area contributed by atoms with Crippen molar-refractivity contribution >= 4 is 11.6 Å². The standard InChI is InChI=1S/C4H2ClN2O/c5-4-1-3(8)2-6-7-4/h2H,(H,7,8). The van der Waals surface area contributed by atoms with Gasteiger partial charge in [-0.15, -0.1) is 5.10 Å². The predicted molar refractivity (Wildman–Crippen MR) is 27.5 cm³/mol. The fraction of sp³-hybridized carbons (Fsp3) is 0. The molecule has 0 unspecified atom stereocenters. The molecule has 1 aromatic heterocycles. The van der Waals surface area contributed by atoms with E-state index < -0.39 is 0 Å². The molecule has 41 valence electrons. The van der Waals surface area contributed by atoms with Gasteiger partial charge in [0.05, 0.1) is 12.3 Å². The molecule has 0 aliphatic carbocycles. The third-order valence-electron chi connectivity index (χ3n) is 0.557. The quantitative estimate of drug-likeness (QED) is 0.559. The lowest BCUT2D eigenvalue weighted by Gasteiger charge is -1.84. The topological polar surface area (TPSA) is 46.0 Å². The van der Waals surface area contributed by atoms with E-state index in [0.29, 0.717) is 0 Å². The summed E-state index contributed by atoms with van der Waals surface area (Å²) in [5.74, 6) is -0.0926. The summed E-state index contributed by atoms with van der Waals surface area (Å²) in [6.07, 6.45) is 1.16. The minimum Gasteiger partial charge on any atom is -0.505 e. The van der Waals surface area contributed by atoms with Crippen molar-refractivity contribution in [3.63, 3.8) is 0 Å². The zero-order chi connectivity index (χ0) is 5.98. The second-order valence-electron chi connectivity index (χ2n) is 1.15. The van der Waals surface area contributed by atoms with Gasteiger partial charge in [-0.05, 0) is 0 Å². The van der Waals surface area contributed by atoms with Crippen molar-refractivity contribution in [1.29, 1.82) is 0 Å². The van der Waals surface area contributed by atoms with Crippen LogP contribution in [0.3, 0.4) is 0 Å².